The predicted octanol–water partition coefficient (Wildman–Crippen LogP) is 1.16. The number of hydrogen-bond acceptors (Lipinski definition) is 10. The van der Waals surface area contributed by atoms with Gasteiger partial charge in [0.2, 0.25) is 15.8 Å². The minimum absolute atomic E-state index is 0.0297. The van der Waals surface area contributed by atoms with Gasteiger partial charge in [-0.05, 0) is 67.7 Å². The zero-order chi connectivity index (χ0) is 30.2. The Bertz CT molecular complexity index is 1690. The van der Waals surface area contributed by atoms with Gasteiger partial charge in [0.15, 0.2) is 11.4 Å². The van der Waals surface area contributed by atoms with Gasteiger partial charge in [-0.1, -0.05) is 18.2 Å². The van der Waals surface area contributed by atoms with E-state index >= 15 is 0 Å². The van der Waals surface area contributed by atoms with Crippen molar-refractivity contribution < 1.29 is 43.2 Å². The Labute approximate surface area is 235 Å². The van der Waals surface area contributed by atoms with Crippen LogP contribution in [0.3, 0.4) is 0 Å². The largest absolute Gasteiger partial charge is 0.510 e. The van der Waals surface area contributed by atoms with Crippen molar-refractivity contribution in [2.24, 2.45) is 17.6 Å². The van der Waals surface area contributed by atoms with E-state index in [4.69, 9.17) is 5.73 Å². The second-order valence-corrected chi connectivity index (χ2v) is 12.6. The third kappa shape index (κ3) is 4.28. The van der Waals surface area contributed by atoms with E-state index in [1.807, 2.05) is 0 Å². The number of carbonyl (C=O) groups is 3. The quantitative estimate of drug-likeness (QED) is 0.277. The Morgan fingerprint density at radius 2 is 1.71 bits per heavy atom. The molecule has 4 atom stereocenters. The van der Waals surface area contributed by atoms with Gasteiger partial charge < -0.3 is 26.2 Å². The van der Waals surface area contributed by atoms with Crippen LogP contribution in [0, 0.1) is 11.8 Å². The van der Waals surface area contributed by atoms with Crippen molar-refractivity contribution in [3.8, 4) is 16.9 Å². The normalized spacial score (nSPS) is 26.0. The minimum Gasteiger partial charge on any atom is -0.510 e. The van der Waals surface area contributed by atoms with Crippen LogP contribution in [0.5, 0.6) is 5.75 Å². The molecule has 0 aliphatic heterocycles. The molecule has 0 radical (unpaired) electrons. The van der Waals surface area contributed by atoms with E-state index < -0.39 is 68.1 Å². The van der Waals surface area contributed by atoms with Crippen molar-refractivity contribution in [2.45, 2.75) is 24.5 Å². The zero-order valence-electron chi connectivity index (χ0n) is 22.4. The smallest absolute Gasteiger partial charge is 0.255 e. The highest BCUT2D eigenvalue weighted by molar-refractivity contribution is 7.92. The number of carbonyl (C=O) groups excluding carboxylic acids is 3. The maximum atomic E-state index is 13.9. The molecular weight excluding hydrogens is 554 g/mol. The number of anilines is 1. The number of aliphatic hydroxyl groups is 3. The molecule has 3 aliphatic carbocycles. The van der Waals surface area contributed by atoms with Crippen LogP contribution in [0.2, 0.25) is 0 Å². The summed E-state index contributed by atoms with van der Waals surface area (Å²) in [6.07, 6.45) is 1.12. The number of aromatic hydroxyl groups is 1. The zero-order valence-corrected chi connectivity index (χ0v) is 23.2. The molecule has 0 unspecified atom stereocenters. The molecule has 5 rings (SSSR count). The van der Waals surface area contributed by atoms with E-state index in [0.717, 1.165) is 6.26 Å². The van der Waals surface area contributed by atoms with Crippen LogP contribution >= 0.6 is 0 Å². The van der Waals surface area contributed by atoms with Crippen molar-refractivity contribution in [3.63, 3.8) is 0 Å². The molecule has 0 saturated carbocycles. The van der Waals surface area contributed by atoms with E-state index in [2.05, 4.69) is 4.72 Å². The number of benzene rings is 2. The van der Waals surface area contributed by atoms with Gasteiger partial charge in [0.1, 0.15) is 22.8 Å². The third-order valence-corrected chi connectivity index (χ3v) is 8.71. The van der Waals surface area contributed by atoms with Gasteiger partial charge in [0.05, 0.1) is 17.9 Å². The lowest BCUT2D eigenvalue weighted by Crippen LogP contribution is -2.63. The van der Waals surface area contributed by atoms with Gasteiger partial charge in [-0.2, -0.15) is 0 Å². The Morgan fingerprint density at radius 3 is 2.27 bits per heavy atom. The molecule has 0 bridgehead atoms. The Hall–Kier alpha value is -4.20. The fraction of sp³-hybridized carbons (Fsp3) is 0.321. The molecule has 3 aliphatic rings. The molecule has 12 nitrogen and oxygen atoms in total. The van der Waals surface area contributed by atoms with Crippen LogP contribution in [0.25, 0.3) is 11.1 Å². The number of hydrogen-bond donors (Lipinski definition) is 6. The molecule has 0 fully saturated rings. The summed E-state index contributed by atoms with van der Waals surface area (Å²) < 4.78 is 25.5. The molecule has 2 aromatic carbocycles. The molecule has 13 heteroatoms. The monoisotopic (exact) mass is 583 g/mol. The number of nitrogens with two attached hydrogens (primary N) is 1. The number of ketones is 2. The second kappa shape index (κ2) is 9.43. The molecule has 0 aromatic heterocycles. The summed E-state index contributed by atoms with van der Waals surface area (Å²) in [5, 5.41) is 44.7. The molecule has 0 heterocycles. The van der Waals surface area contributed by atoms with Crippen LogP contribution < -0.4 is 10.5 Å². The highest BCUT2D eigenvalue weighted by Gasteiger charge is 2.63. The molecular formula is C28H29N3O9S. The first-order chi connectivity index (χ1) is 19.1. The summed E-state index contributed by atoms with van der Waals surface area (Å²) in [5.74, 6) is -7.15. The van der Waals surface area contributed by atoms with Gasteiger partial charge >= 0.3 is 0 Å². The molecule has 216 valence electrons. The summed E-state index contributed by atoms with van der Waals surface area (Å²) in [5.41, 5.74) is 3.43. The number of phenols is 1. The van der Waals surface area contributed by atoms with E-state index in [9.17, 15) is 43.2 Å². The molecule has 0 spiro atoms. The minimum atomic E-state index is -3.49. The maximum Gasteiger partial charge on any atom is 0.255 e. The van der Waals surface area contributed by atoms with Crippen molar-refractivity contribution in [2.75, 3.05) is 25.1 Å². The Kier molecular flexibility index (Phi) is 6.52. The standard InChI is InChI=1S/C28H29N3O9S/c1-31(2)22-17-11-13-10-16-15(12-4-6-14(7-5-12)30-41(3,39)40)8-9-18(32)20(16)23(33)19(13)25(35)28(17,38)26(36)21(24(22)34)27(29)37/h4-9,13,17,22,30,32,34-35,38H,10-11H2,1-3H3,(H2,29,37)/t13-,17-,22+,28+/m0/s1. The van der Waals surface area contributed by atoms with Crippen LogP contribution in [0.1, 0.15) is 22.3 Å². The lowest BCUT2D eigenvalue weighted by molar-refractivity contribution is -0.148. The Balaban J connectivity index is 1.66. The summed E-state index contributed by atoms with van der Waals surface area (Å²) in [7, 11) is -0.371. The lowest BCUT2D eigenvalue weighted by atomic mass is 9.58. The molecule has 1 amide bonds. The maximum absolute atomic E-state index is 13.9. The number of sulfonamides is 1. The molecule has 41 heavy (non-hydrogen) atoms. The molecule has 2 aromatic rings. The SMILES string of the molecule is CN(C)[C@H]1C(O)=C(C(N)=O)C(=O)[C@]2(O)C(O)=C3C(=O)c4c(O)ccc(-c5ccc(NS(C)(=O)=O)cc5)c4C[C@H]3C[C@@H]12. The van der Waals surface area contributed by atoms with Crippen molar-refractivity contribution >= 4 is 33.2 Å². The number of amides is 1. The van der Waals surface area contributed by atoms with E-state index in [-0.39, 0.29) is 29.7 Å². The van der Waals surface area contributed by atoms with Gasteiger partial charge in [0, 0.05) is 17.2 Å². The predicted molar refractivity (Wildman–Crippen MR) is 148 cm³/mol. The summed E-state index contributed by atoms with van der Waals surface area (Å²) in [6, 6.07) is 8.27. The number of likely N-dealkylation sites (N-methyl/N-ethyl adjacent to an activating group) is 1. The first kappa shape index (κ1) is 28.3. The van der Waals surface area contributed by atoms with Crippen molar-refractivity contribution in [1.29, 1.82) is 0 Å². The number of phenolic OH excluding ortho intramolecular Hbond substituents is 1. The summed E-state index contributed by atoms with van der Waals surface area (Å²) in [4.78, 5) is 40.8. The fourth-order valence-electron chi connectivity index (χ4n) is 6.45. The molecule has 7 N–H and O–H groups in total. The highest BCUT2D eigenvalue weighted by atomic mass is 32.2. The topological polar surface area (TPSA) is 208 Å². The van der Waals surface area contributed by atoms with E-state index in [0.29, 0.717) is 22.4 Å². The second-order valence-electron chi connectivity index (χ2n) is 10.9. The first-order valence-electron chi connectivity index (χ1n) is 12.7. The number of nitrogens with zero attached hydrogens (tertiary/aromatic N) is 1. The number of aliphatic hydroxyl groups excluding tert-OH is 2. The van der Waals surface area contributed by atoms with Crippen LogP contribution in [0.15, 0.2) is 59.1 Å². The van der Waals surface area contributed by atoms with E-state index in [1.165, 1.54) is 11.0 Å². The van der Waals surface area contributed by atoms with Crippen molar-refractivity contribution in [1.82, 2.24) is 4.90 Å². The summed E-state index contributed by atoms with van der Waals surface area (Å²) >= 11 is 0. The first-order valence-corrected chi connectivity index (χ1v) is 14.5. The average molecular weight is 584 g/mol. The lowest BCUT2D eigenvalue weighted by Gasteiger charge is -2.50. The van der Waals surface area contributed by atoms with Crippen molar-refractivity contribution in [3.05, 3.63) is 70.2 Å². The van der Waals surface area contributed by atoms with Crippen LogP contribution in [-0.4, -0.2) is 83.2 Å². The van der Waals surface area contributed by atoms with Gasteiger partial charge in [-0.3, -0.25) is 24.0 Å². The molecule has 0 saturated heterocycles. The number of primary amides is 1. The average Bonchev–Trinajstić information content (AvgIpc) is 2.85. The van der Waals surface area contributed by atoms with Gasteiger partial charge in [-0.25, -0.2) is 8.42 Å². The van der Waals surface area contributed by atoms with Crippen LogP contribution in [0.4, 0.5) is 5.69 Å². The third-order valence-electron chi connectivity index (χ3n) is 8.11. The number of rotatable bonds is 5. The highest BCUT2D eigenvalue weighted by Crippen LogP contribution is 2.53. The number of fused-ring (bicyclic) bond motifs is 3. The number of nitrogens with one attached hydrogen (secondary N) is 1. The van der Waals surface area contributed by atoms with Gasteiger partial charge in [0.25, 0.3) is 5.91 Å². The Morgan fingerprint density at radius 1 is 1.07 bits per heavy atom. The van der Waals surface area contributed by atoms with Gasteiger partial charge in [-0.15, -0.1) is 0 Å². The van der Waals surface area contributed by atoms with E-state index in [1.54, 1.807) is 44.4 Å². The summed E-state index contributed by atoms with van der Waals surface area (Å²) in [6.45, 7) is 0. The van der Waals surface area contributed by atoms with Crippen LogP contribution in [-0.2, 0) is 26.0 Å². The number of allylic oxidation sites excluding steroid dienone is 1. The number of Topliss-reactive ketones (excluding diaryl/α,β-unsaturated/α-hetero) is 2. The fourth-order valence-corrected chi connectivity index (χ4v) is 7.02.